The Morgan fingerprint density at radius 2 is 2.18 bits per heavy atom. The van der Waals surface area contributed by atoms with Crippen LogP contribution >= 0.6 is 11.5 Å². The van der Waals surface area contributed by atoms with Gasteiger partial charge in [0, 0.05) is 30.5 Å². The largest absolute Gasteiger partial charge is 0.352 e. The predicted octanol–water partition coefficient (Wildman–Crippen LogP) is 1.45. The Balaban J connectivity index is 2.62. The van der Waals surface area contributed by atoms with Crippen LogP contribution in [0.1, 0.15) is 33.5 Å². The molecule has 1 heterocycles. The predicted molar refractivity (Wildman–Crippen MR) is 70.5 cm³/mol. The van der Waals surface area contributed by atoms with E-state index < -0.39 is 0 Å². The van der Waals surface area contributed by atoms with Crippen LogP contribution in [0.4, 0.5) is 5.13 Å². The van der Waals surface area contributed by atoms with Crippen molar-refractivity contribution in [3.8, 4) is 0 Å². The number of anilines is 1. The fraction of sp³-hybridized carbons (Fsp3) is 0.727. The smallest absolute Gasteiger partial charge is 0.239 e. The Kier molecular flexibility index (Phi) is 5.34. The molecule has 1 aromatic heterocycles. The molecule has 0 aliphatic carbocycles. The second kappa shape index (κ2) is 6.54. The highest BCUT2D eigenvalue weighted by Gasteiger charge is 2.14. The van der Waals surface area contributed by atoms with E-state index in [1.807, 2.05) is 32.6 Å². The van der Waals surface area contributed by atoms with E-state index in [1.54, 1.807) is 0 Å². The number of amides is 1. The van der Waals surface area contributed by atoms with Crippen LogP contribution in [0.3, 0.4) is 0 Å². The molecule has 0 aliphatic heterocycles. The van der Waals surface area contributed by atoms with Gasteiger partial charge in [-0.15, -0.1) is 0 Å². The molecular weight excluding hydrogens is 236 g/mol. The number of carbonyl (C=O) groups excluding carboxylic acids is 1. The van der Waals surface area contributed by atoms with E-state index in [-0.39, 0.29) is 11.9 Å². The minimum atomic E-state index is 0.0232. The molecule has 0 radical (unpaired) electrons. The molecule has 1 rings (SSSR count). The molecule has 0 aromatic carbocycles. The third-order valence-corrected chi connectivity index (χ3v) is 3.02. The number of aromatic nitrogens is 2. The second-order valence-corrected chi connectivity index (χ2v) is 4.81. The van der Waals surface area contributed by atoms with E-state index in [1.165, 1.54) is 11.5 Å². The molecule has 17 heavy (non-hydrogen) atoms. The molecule has 1 amide bonds. The van der Waals surface area contributed by atoms with Gasteiger partial charge in [0.25, 0.3) is 0 Å². The molecule has 96 valence electrons. The van der Waals surface area contributed by atoms with Gasteiger partial charge in [0.1, 0.15) is 5.82 Å². The van der Waals surface area contributed by atoms with Crippen molar-refractivity contribution in [2.75, 3.05) is 18.0 Å². The van der Waals surface area contributed by atoms with Crippen molar-refractivity contribution in [1.82, 2.24) is 14.7 Å². The van der Waals surface area contributed by atoms with Crippen LogP contribution in [-0.4, -0.2) is 34.4 Å². The topological polar surface area (TPSA) is 58.1 Å². The SMILES string of the molecule is CCc1nsc(N(CC)CC(=O)NC(C)C)n1. The Morgan fingerprint density at radius 3 is 2.65 bits per heavy atom. The summed E-state index contributed by atoms with van der Waals surface area (Å²) in [6.45, 7) is 9.03. The average molecular weight is 256 g/mol. The molecule has 1 aromatic rings. The first kappa shape index (κ1) is 13.9. The van der Waals surface area contributed by atoms with Gasteiger partial charge >= 0.3 is 0 Å². The van der Waals surface area contributed by atoms with Crippen molar-refractivity contribution in [3.05, 3.63) is 5.82 Å². The van der Waals surface area contributed by atoms with E-state index in [4.69, 9.17) is 0 Å². The van der Waals surface area contributed by atoms with Crippen LogP contribution in [-0.2, 0) is 11.2 Å². The summed E-state index contributed by atoms with van der Waals surface area (Å²) in [5.74, 6) is 0.864. The maximum atomic E-state index is 11.7. The van der Waals surface area contributed by atoms with E-state index in [0.29, 0.717) is 6.54 Å². The Hall–Kier alpha value is -1.17. The zero-order chi connectivity index (χ0) is 12.8. The summed E-state index contributed by atoms with van der Waals surface area (Å²) in [6.07, 6.45) is 0.826. The molecule has 0 aliphatic rings. The molecule has 0 spiro atoms. The number of hydrogen-bond acceptors (Lipinski definition) is 5. The Bertz CT molecular complexity index is 364. The highest BCUT2D eigenvalue weighted by Crippen LogP contribution is 2.16. The third kappa shape index (κ3) is 4.30. The van der Waals surface area contributed by atoms with Gasteiger partial charge in [0.2, 0.25) is 11.0 Å². The standard InChI is InChI=1S/C11H20N4OS/c1-5-9-13-11(17-14-9)15(6-2)7-10(16)12-8(3)4/h8H,5-7H2,1-4H3,(H,12,16). The van der Waals surface area contributed by atoms with Crippen molar-refractivity contribution in [2.45, 2.75) is 40.2 Å². The summed E-state index contributed by atoms with van der Waals surface area (Å²) in [7, 11) is 0. The Labute approximate surface area is 106 Å². The molecule has 0 atom stereocenters. The maximum Gasteiger partial charge on any atom is 0.239 e. The monoisotopic (exact) mass is 256 g/mol. The number of carbonyl (C=O) groups is 1. The lowest BCUT2D eigenvalue weighted by atomic mass is 10.4. The zero-order valence-electron chi connectivity index (χ0n) is 10.9. The van der Waals surface area contributed by atoms with Crippen molar-refractivity contribution in [3.63, 3.8) is 0 Å². The highest BCUT2D eigenvalue weighted by atomic mass is 32.1. The number of nitrogens with zero attached hydrogens (tertiary/aromatic N) is 3. The van der Waals surface area contributed by atoms with Crippen LogP contribution in [0.2, 0.25) is 0 Å². The molecule has 0 bridgehead atoms. The molecule has 0 saturated carbocycles. The zero-order valence-corrected chi connectivity index (χ0v) is 11.7. The summed E-state index contributed by atoms with van der Waals surface area (Å²) < 4.78 is 4.23. The quantitative estimate of drug-likeness (QED) is 0.837. The first-order valence-corrected chi connectivity index (χ1v) is 6.71. The first-order valence-electron chi connectivity index (χ1n) is 5.93. The summed E-state index contributed by atoms with van der Waals surface area (Å²) >= 11 is 1.35. The molecule has 0 saturated heterocycles. The second-order valence-electron chi connectivity index (χ2n) is 4.08. The van der Waals surface area contributed by atoms with Gasteiger partial charge in [-0.05, 0) is 20.8 Å². The normalized spacial score (nSPS) is 10.6. The fourth-order valence-electron chi connectivity index (χ4n) is 1.37. The van der Waals surface area contributed by atoms with Gasteiger partial charge in [-0.3, -0.25) is 4.79 Å². The maximum absolute atomic E-state index is 11.7. The molecule has 1 N–H and O–H groups in total. The lowest BCUT2D eigenvalue weighted by molar-refractivity contribution is -0.120. The highest BCUT2D eigenvalue weighted by molar-refractivity contribution is 7.09. The summed E-state index contributed by atoms with van der Waals surface area (Å²) in [6, 6.07) is 0.168. The van der Waals surface area contributed by atoms with Gasteiger partial charge < -0.3 is 10.2 Å². The van der Waals surface area contributed by atoms with E-state index in [9.17, 15) is 4.79 Å². The average Bonchev–Trinajstić information content (AvgIpc) is 2.73. The van der Waals surface area contributed by atoms with Gasteiger partial charge in [0.05, 0.1) is 6.54 Å². The molecular formula is C11H20N4OS. The number of rotatable bonds is 6. The molecule has 5 nitrogen and oxygen atoms in total. The molecule has 0 fully saturated rings. The number of hydrogen-bond donors (Lipinski definition) is 1. The van der Waals surface area contributed by atoms with Gasteiger partial charge in [0.15, 0.2) is 0 Å². The van der Waals surface area contributed by atoms with Crippen molar-refractivity contribution in [1.29, 1.82) is 0 Å². The molecule has 0 unspecified atom stereocenters. The van der Waals surface area contributed by atoms with Gasteiger partial charge in [-0.2, -0.15) is 4.37 Å². The van der Waals surface area contributed by atoms with E-state index in [2.05, 4.69) is 14.7 Å². The first-order chi connectivity index (χ1) is 8.06. The number of aryl methyl sites for hydroxylation is 1. The van der Waals surface area contributed by atoms with Crippen molar-refractivity contribution < 1.29 is 4.79 Å². The fourth-order valence-corrected chi connectivity index (χ4v) is 2.18. The third-order valence-electron chi connectivity index (χ3n) is 2.21. The van der Waals surface area contributed by atoms with Crippen molar-refractivity contribution >= 4 is 22.6 Å². The van der Waals surface area contributed by atoms with Crippen LogP contribution < -0.4 is 10.2 Å². The van der Waals surface area contributed by atoms with Crippen LogP contribution in [0.25, 0.3) is 0 Å². The summed E-state index contributed by atoms with van der Waals surface area (Å²) in [4.78, 5) is 18.0. The summed E-state index contributed by atoms with van der Waals surface area (Å²) in [5, 5.41) is 3.70. The van der Waals surface area contributed by atoms with Crippen LogP contribution in [0.5, 0.6) is 0 Å². The molecule has 6 heteroatoms. The van der Waals surface area contributed by atoms with Crippen LogP contribution in [0, 0.1) is 0 Å². The van der Waals surface area contributed by atoms with E-state index in [0.717, 1.165) is 23.9 Å². The van der Waals surface area contributed by atoms with E-state index >= 15 is 0 Å². The van der Waals surface area contributed by atoms with Crippen molar-refractivity contribution in [2.24, 2.45) is 0 Å². The minimum Gasteiger partial charge on any atom is -0.352 e. The Morgan fingerprint density at radius 1 is 1.47 bits per heavy atom. The number of nitrogens with one attached hydrogen (secondary N) is 1. The minimum absolute atomic E-state index is 0.0232. The summed E-state index contributed by atoms with van der Waals surface area (Å²) in [5.41, 5.74) is 0. The number of likely N-dealkylation sites (N-methyl/N-ethyl adjacent to an activating group) is 1. The lowest BCUT2D eigenvalue weighted by Crippen LogP contribution is -2.40. The van der Waals surface area contributed by atoms with Gasteiger partial charge in [-0.25, -0.2) is 4.98 Å². The van der Waals surface area contributed by atoms with Crippen LogP contribution in [0.15, 0.2) is 0 Å². The van der Waals surface area contributed by atoms with Gasteiger partial charge in [-0.1, -0.05) is 6.92 Å². The lowest BCUT2D eigenvalue weighted by Gasteiger charge is -2.19.